The van der Waals surface area contributed by atoms with Gasteiger partial charge in [-0.3, -0.25) is 0 Å². The third-order valence-corrected chi connectivity index (χ3v) is 4.38. The number of aromatic nitrogens is 4. The molecule has 1 saturated heterocycles. The van der Waals surface area contributed by atoms with Crippen LogP contribution >= 0.6 is 0 Å². The summed E-state index contributed by atoms with van der Waals surface area (Å²) >= 11 is 0. The van der Waals surface area contributed by atoms with E-state index in [0.717, 1.165) is 69.7 Å². The first-order valence-corrected chi connectivity index (χ1v) is 9.17. The van der Waals surface area contributed by atoms with Gasteiger partial charge in [0.2, 0.25) is 5.95 Å². The molecule has 3 rings (SSSR count). The molecule has 0 aromatic carbocycles. The fourth-order valence-corrected chi connectivity index (χ4v) is 3.13. The standard InChI is InChI=1S/C18H27N7/c1-3-9-23(10-4-2)17-15-20-22-18(21-17)25-13-11-24(12-14-25)16-7-5-6-8-19-16/h5-8,15H,3-4,9-14H2,1-2H3. The van der Waals surface area contributed by atoms with Gasteiger partial charge in [-0.15, -0.1) is 5.10 Å². The summed E-state index contributed by atoms with van der Waals surface area (Å²) in [6, 6.07) is 6.03. The van der Waals surface area contributed by atoms with Crippen LogP contribution in [0.4, 0.5) is 17.6 Å². The topological polar surface area (TPSA) is 61.3 Å². The van der Waals surface area contributed by atoms with Gasteiger partial charge >= 0.3 is 0 Å². The predicted octanol–water partition coefficient (Wildman–Crippen LogP) is 2.22. The lowest BCUT2D eigenvalue weighted by Gasteiger charge is -2.35. The zero-order chi connectivity index (χ0) is 17.5. The van der Waals surface area contributed by atoms with Gasteiger partial charge in [-0.25, -0.2) is 4.98 Å². The van der Waals surface area contributed by atoms with Crippen LogP contribution in [0.5, 0.6) is 0 Å². The van der Waals surface area contributed by atoms with Crippen LogP contribution in [0.3, 0.4) is 0 Å². The molecule has 0 atom stereocenters. The van der Waals surface area contributed by atoms with Crippen LogP contribution in [-0.2, 0) is 0 Å². The molecule has 0 bridgehead atoms. The molecule has 0 amide bonds. The fraction of sp³-hybridized carbons (Fsp3) is 0.556. The normalized spacial score (nSPS) is 14.6. The molecule has 134 valence electrons. The summed E-state index contributed by atoms with van der Waals surface area (Å²) in [5.74, 6) is 2.70. The van der Waals surface area contributed by atoms with Crippen LogP contribution in [0.2, 0.25) is 0 Å². The average Bonchev–Trinajstić information content (AvgIpc) is 2.69. The minimum atomic E-state index is 0.732. The lowest BCUT2D eigenvalue weighted by molar-refractivity contribution is 0.627. The van der Waals surface area contributed by atoms with Crippen LogP contribution in [0.1, 0.15) is 26.7 Å². The summed E-state index contributed by atoms with van der Waals surface area (Å²) in [6.45, 7) is 9.96. The second-order valence-corrected chi connectivity index (χ2v) is 6.26. The second-order valence-electron chi connectivity index (χ2n) is 6.26. The van der Waals surface area contributed by atoms with Gasteiger partial charge in [0.05, 0.1) is 6.20 Å². The molecule has 0 saturated carbocycles. The second kappa shape index (κ2) is 8.60. The summed E-state index contributed by atoms with van der Waals surface area (Å²) in [4.78, 5) is 16.0. The molecule has 7 nitrogen and oxygen atoms in total. The number of piperazine rings is 1. The minimum Gasteiger partial charge on any atom is -0.355 e. The van der Waals surface area contributed by atoms with Crippen molar-refractivity contribution in [1.29, 1.82) is 0 Å². The molecule has 0 aliphatic carbocycles. The van der Waals surface area contributed by atoms with Crippen molar-refractivity contribution in [3.05, 3.63) is 30.6 Å². The molecule has 1 fully saturated rings. The van der Waals surface area contributed by atoms with E-state index in [2.05, 4.69) is 49.8 Å². The first-order chi connectivity index (χ1) is 12.3. The Bertz CT molecular complexity index is 635. The molecule has 0 unspecified atom stereocenters. The van der Waals surface area contributed by atoms with Crippen LogP contribution in [0.25, 0.3) is 0 Å². The van der Waals surface area contributed by atoms with Gasteiger partial charge in [0.25, 0.3) is 0 Å². The third kappa shape index (κ3) is 4.35. The Morgan fingerprint density at radius 1 is 1.00 bits per heavy atom. The summed E-state index contributed by atoms with van der Waals surface area (Å²) in [5.41, 5.74) is 0. The van der Waals surface area contributed by atoms with Gasteiger partial charge in [0.15, 0.2) is 5.82 Å². The maximum atomic E-state index is 4.78. The summed E-state index contributed by atoms with van der Waals surface area (Å²) in [6.07, 6.45) is 5.82. The lowest BCUT2D eigenvalue weighted by atomic mass is 10.3. The lowest BCUT2D eigenvalue weighted by Crippen LogP contribution is -2.47. The van der Waals surface area contributed by atoms with E-state index in [0.29, 0.717) is 0 Å². The maximum absolute atomic E-state index is 4.78. The summed E-state index contributed by atoms with van der Waals surface area (Å²) in [7, 11) is 0. The Morgan fingerprint density at radius 3 is 2.36 bits per heavy atom. The largest absolute Gasteiger partial charge is 0.355 e. The van der Waals surface area contributed by atoms with Gasteiger partial charge in [-0.2, -0.15) is 10.1 Å². The van der Waals surface area contributed by atoms with Gasteiger partial charge < -0.3 is 14.7 Å². The number of nitrogens with zero attached hydrogens (tertiary/aromatic N) is 7. The van der Waals surface area contributed by atoms with E-state index in [1.165, 1.54) is 0 Å². The van der Waals surface area contributed by atoms with E-state index in [4.69, 9.17) is 4.98 Å². The molecule has 25 heavy (non-hydrogen) atoms. The third-order valence-electron chi connectivity index (χ3n) is 4.38. The van der Waals surface area contributed by atoms with E-state index in [1.807, 2.05) is 18.3 Å². The molecule has 1 aliphatic rings. The highest BCUT2D eigenvalue weighted by Crippen LogP contribution is 2.18. The quantitative estimate of drug-likeness (QED) is 0.765. The molecule has 1 aliphatic heterocycles. The number of pyridine rings is 1. The van der Waals surface area contributed by atoms with Crippen molar-refractivity contribution in [2.45, 2.75) is 26.7 Å². The number of hydrogen-bond donors (Lipinski definition) is 0. The van der Waals surface area contributed by atoms with Gasteiger partial charge in [-0.05, 0) is 25.0 Å². The Morgan fingerprint density at radius 2 is 1.72 bits per heavy atom. The van der Waals surface area contributed by atoms with Crippen molar-refractivity contribution in [2.24, 2.45) is 0 Å². The molecular weight excluding hydrogens is 314 g/mol. The van der Waals surface area contributed by atoms with Crippen molar-refractivity contribution in [3.63, 3.8) is 0 Å². The molecule has 0 spiro atoms. The number of rotatable bonds is 7. The number of hydrogen-bond acceptors (Lipinski definition) is 7. The fourth-order valence-electron chi connectivity index (χ4n) is 3.13. The molecule has 7 heteroatoms. The van der Waals surface area contributed by atoms with Gasteiger partial charge in [0, 0.05) is 45.5 Å². The van der Waals surface area contributed by atoms with E-state index < -0.39 is 0 Å². The van der Waals surface area contributed by atoms with Crippen LogP contribution < -0.4 is 14.7 Å². The van der Waals surface area contributed by atoms with Crippen LogP contribution in [0, 0.1) is 0 Å². The molecule has 0 radical (unpaired) electrons. The Balaban J connectivity index is 1.66. The highest BCUT2D eigenvalue weighted by molar-refractivity contribution is 5.44. The van der Waals surface area contributed by atoms with Crippen LogP contribution in [0.15, 0.2) is 30.6 Å². The van der Waals surface area contributed by atoms with Gasteiger partial charge in [-0.1, -0.05) is 19.9 Å². The van der Waals surface area contributed by atoms with Crippen molar-refractivity contribution >= 4 is 17.6 Å². The van der Waals surface area contributed by atoms with Crippen molar-refractivity contribution in [2.75, 3.05) is 54.0 Å². The smallest absolute Gasteiger partial charge is 0.247 e. The van der Waals surface area contributed by atoms with Gasteiger partial charge in [0.1, 0.15) is 5.82 Å². The van der Waals surface area contributed by atoms with E-state index >= 15 is 0 Å². The Hall–Kier alpha value is -2.44. The highest BCUT2D eigenvalue weighted by Gasteiger charge is 2.21. The molecule has 2 aromatic heterocycles. The SMILES string of the molecule is CCCN(CCC)c1cnnc(N2CCN(c3ccccn3)CC2)n1. The van der Waals surface area contributed by atoms with E-state index in [1.54, 1.807) is 6.20 Å². The summed E-state index contributed by atoms with van der Waals surface area (Å²) in [5, 5.41) is 8.47. The molecule has 0 N–H and O–H groups in total. The zero-order valence-corrected chi connectivity index (χ0v) is 15.2. The predicted molar refractivity (Wildman–Crippen MR) is 101 cm³/mol. The molecular formula is C18H27N7. The maximum Gasteiger partial charge on any atom is 0.247 e. The summed E-state index contributed by atoms with van der Waals surface area (Å²) < 4.78 is 0. The highest BCUT2D eigenvalue weighted by atomic mass is 15.4. The Kier molecular flexibility index (Phi) is 5.98. The van der Waals surface area contributed by atoms with Crippen LogP contribution in [-0.4, -0.2) is 59.4 Å². The molecule has 3 heterocycles. The first kappa shape index (κ1) is 17.4. The number of anilines is 3. The zero-order valence-electron chi connectivity index (χ0n) is 15.2. The first-order valence-electron chi connectivity index (χ1n) is 9.17. The average molecular weight is 341 g/mol. The van der Waals surface area contributed by atoms with E-state index in [9.17, 15) is 0 Å². The monoisotopic (exact) mass is 341 g/mol. The minimum absolute atomic E-state index is 0.732. The van der Waals surface area contributed by atoms with Crippen molar-refractivity contribution in [1.82, 2.24) is 20.2 Å². The molecule has 2 aromatic rings. The Labute approximate surface area is 149 Å². The van der Waals surface area contributed by atoms with Crippen molar-refractivity contribution < 1.29 is 0 Å². The van der Waals surface area contributed by atoms with Crippen molar-refractivity contribution in [3.8, 4) is 0 Å². The van der Waals surface area contributed by atoms with E-state index in [-0.39, 0.29) is 0 Å².